The molecule has 3 aromatic carbocycles. The van der Waals surface area contributed by atoms with E-state index in [1.807, 2.05) is 66.7 Å². The predicted molar refractivity (Wildman–Crippen MR) is 226 cm³/mol. The minimum absolute atomic E-state index is 0.0351. The third kappa shape index (κ3) is 14.8. The van der Waals surface area contributed by atoms with Crippen molar-refractivity contribution < 1.29 is 38.1 Å². The summed E-state index contributed by atoms with van der Waals surface area (Å²) in [5.41, 5.74) is 2.49. The van der Waals surface area contributed by atoms with Crippen LogP contribution in [0.3, 0.4) is 0 Å². The van der Waals surface area contributed by atoms with Crippen molar-refractivity contribution >= 4 is 23.6 Å². The number of amides is 2. The highest BCUT2D eigenvalue weighted by molar-refractivity contribution is 5.93. The summed E-state index contributed by atoms with van der Waals surface area (Å²) in [7, 11) is 0. The van der Waals surface area contributed by atoms with E-state index in [9.17, 15) is 19.2 Å². The summed E-state index contributed by atoms with van der Waals surface area (Å²) in [5, 5.41) is 5.48. The number of carbonyl (C=O) groups is 4. The number of nitrogens with one attached hydrogen (secondary N) is 2. The first kappa shape index (κ1) is 46.3. The highest BCUT2D eigenvalue weighted by Crippen LogP contribution is 2.41. The van der Waals surface area contributed by atoms with Gasteiger partial charge in [0.2, 0.25) is 5.91 Å². The molecule has 58 heavy (non-hydrogen) atoms. The lowest BCUT2D eigenvalue weighted by atomic mass is 9.78. The van der Waals surface area contributed by atoms with E-state index in [0.717, 1.165) is 55.2 Å². The quantitative estimate of drug-likeness (QED) is 0.0860. The Bertz CT molecular complexity index is 1690. The topological polar surface area (TPSA) is 129 Å². The molecule has 4 rings (SSSR count). The molecule has 0 aromatic heterocycles. The average molecular weight is 799 g/mol. The first-order valence-electron chi connectivity index (χ1n) is 21.2. The lowest BCUT2D eigenvalue weighted by molar-refractivity contribution is -0.273. The lowest BCUT2D eigenvalue weighted by Crippen LogP contribution is -2.61. The lowest BCUT2D eigenvalue weighted by Gasteiger charge is -2.51. The van der Waals surface area contributed by atoms with Crippen LogP contribution in [0.5, 0.6) is 0 Å². The van der Waals surface area contributed by atoms with Crippen LogP contribution in [-0.2, 0) is 53.2 Å². The Balaban J connectivity index is 1.34. The minimum Gasteiger partial charge on any atom is -0.445 e. The molecule has 1 aliphatic heterocycles. The van der Waals surface area contributed by atoms with Gasteiger partial charge in [0.05, 0.1) is 37.1 Å². The second-order valence-electron chi connectivity index (χ2n) is 16.2. The van der Waals surface area contributed by atoms with Gasteiger partial charge in [-0.05, 0) is 56.7 Å². The Hall–Kier alpha value is -4.38. The van der Waals surface area contributed by atoms with Crippen molar-refractivity contribution in [1.82, 2.24) is 10.6 Å². The molecule has 1 aliphatic rings. The molecule has 0 saturated carbocycles. The molecule has 0 radical (unpaired) electrons. The maximum atomic E-state index is 13.4. The molecule has 8 atom stereocenters. The summed E-state index contributed by atoms with van der Waals surface area (Å²) in [6.07, 6.45) is 5.32. The average Bonchev–Trinajstić information content (AvgIpc) is 3.22. The van der Waals surface area contributed by atoms with Gasteiger partial charge in [-0.25, -0.2) is 4.79 Å². The Kier molecular flexibility index (Phi) is 19.1. The van der Waals surface area contributed by atoms with Gasteiger partial charge in [-0.3, -0.25) is 14.4 Å². The van der Waals surface area contributed by atoms with Crippen LogP contribution in [0.15, 0.2) is 91.0 Å². The van der Waals surface area contributed by atoms with E-state index in [1.165, 1.54) is 6.92 Å². The van der Waals surface area contributed by atoms with Gasteiger partial charge >= 0.3 is 6.09 Å². The standard InChI is InChI=1S/C48H66N2O8/c1-7-43-35(3)44(55-31-38-22-14-11-15-23-38)45(56-32-39-24-16-12-17-25-39)48(6,58-43)29-21-10-8-9-20-28-41(50-47(54)57-33-40-26-18-13-19-27-40)46(53)49-36(4)42(52)30-34(2)37(5)51/h11-19,22-27,34-36,41,43-45H,7-10,20-21,28-33H2,1-6H3,(H,49,53)(H,50,54)/t34-,35+,36+,41+,43-,44+,45-,48+/m1/s1. The van der Waals surface area contributed by atoms with Crippen LogP contribution in [0.2, 0.25) is 0 Å². The number of hydrogen-bond acceptors (Lipinski definition) is 8. The van der Waals surface area contributed by atoms with Crippen molar-refractivity contribution in [2.24, 2.45) is 11.8 Å². The number of hydrogen-bond donors (Lipinski definition) is 2. The van der Waals surface area contributed by atoms with Crippen molar-refractivity contribution in [1.29, 1.82) is 0 Å². The summed E-state index contributed by atoms with van der Waals surface area (Å²) >= 11 is 0. The second-order valence-corrected chi connectivity index (χ2v) is 16.2. The van der Waals surface area contributed by atoms with Crippen LogP contribution >= 0.6 is 0 Å². The molecule has 3 aromatic rings. The second kappa shape index (κ2) is 23.9. The number of rotatable bonds is 24. The van der Waals surface area contributed by atoms with E-state index >= 15 is 0 Å². The molecule has 0 aliphatic carbocycles. The fourth-order valence-electron chi connectivity index (χ4n) is 7.60. The third-order valence-corrected chi connectivity index (χ3v) is 11.4. The monoisotopic (exact) mass is 798 g/mol. The molecule has 316 valence electrons. The number of benzene rings is 3. The van der Waals surface area contributed by atoms with Crippen molar-refractivity contribution in [2.45, 2.75) is 155 Å². The molecule has 2 N–H and O–H groups in total. The molecular weight excluding hydrogens is 733 g/mol. The number of Topliss-reactive ketones (excluding diaryl/α,β-unsaturated/α-hetero) is 2. The Labute approximate surface area is 346 Å². The van der Waals surface area contributed by atoms with E-state index in [-0.39, 0.29) is 48.8 Å². The fraction of sp³-hybridized carbons (Fsp3) is 0.542. The molecule has 0 spiro atoms. The highest BCUT2D eigenvalue weighted by atomic mass is 16.6. The van der Waals surface area contributed by atoms with Gasteiger partial charge in [-0.15, -0.1) is 0 Å². The van der Waals surface area contributed by atoms with Gasteiger partial charge in [0.1, 0.15) is 24.5 Å². The largest absolute Gasteiger partial charge is 0.445 e. The molecule has 10 nitrogen and oxygen atoms in total. The van der Waals surface area contributed by atoms with Crippen molar-refractivity contribution in [3.05, 3.63) is 108 Å². The van der Waals surface area contributed by atoms with E-state index in [4.69, 9.17) is 18.9 Å². The van der Waals surface area contributed by atoms with E-state index in [2.05, 4.69) is 55.7 Å². The molecule has 1 fully saturated rings. The molecule has 1 saturated heterocycles. The van der Waals surface area contributed by atoms with Crippen molar-refractivity contribution in [3.8, 4) is 0 Å². The smallest absolute Gasteiger partial charge is 0.408 e. The molecule has 10 heteroatoms. The van der Waals surface area contributed by atoms with Crippen LogP contribution in [0, 0.1) is 11.8 Å². The van der Waals surface area contributed by atoms with Gasteiger partial charge in [0.15, 0.2) is 5.78 Å². The Morgan fingerprint density at radius 3 is 1.84 bits per heavy atom. The fourth-order valence-corrected chi connectivity index (χ4v) is 7.60. The molecule has 0 unspecified atom stereocenters. The van der Waals surface area contributed by atoms with Gasteiger partial charge in [-0.1, -0.05) is 144 Å². The number of alkyl carbamates (subject to hydrolysis) is 1. The molecule has 1 heterocycles. The van der Waals surface area contributed by atoms with Gasteiger partial charge in [0, 0.05) is 18.3 Å². The number of unbranched alkanes of at least 4 members (excludes halogenated alkanes) is 4. The first-order chi connectivity index (χ1) is 27.9. The third-order valence-electron chi connectivity index (χ3n) is 11.4. The summed E-state index contributed by atoms with van der Waals surface area (Å²) in [4.78, 5) is 50.8. The maximum absolute atomic E-state index is 13.4. The zero-order valence-corrected chi connectivity index (χ0v) is 35.5. The number of carbonyl (C=O) groups excluding carboxylic acids is 4. The first-order valence-corrected chi connectivity index (χ1v) is 21.2. The maximum Gasteiger partial charge on any atom is 0.408 e. The summed E-state index contributed by atoms with van der Waals surface area (Å²) < 4.78 is 25.8. The van der Waals surface area contributed by atoms with Crippen LogP contribution in [0.1, 0.15) is 116 Å². The summed E-state index contributed by atoms with van der Waals surface area (Å²) in [5.74, 6) is -1.07. The zero-order valence-electron chi connectivity index (χ0n) is 35.5. The van der Waals surface area contributed by atoms with Crippen molar-refractivity contribution in [2.75, 3.05) is 0 Å². The van der Waals surface area contributed by atoms with Gasteiger partial charge in [-0.2, -0.15) is 0 Å². The highest BCUT2D eigenvalue weighted by Gasteiger charge is 2.51. The Morgan fingerprint density at radius 2 is 1.28 bits per heavy atom. The molecular formula is C48H66N2O8. The SMILES string of the molecule is CC[C@H]1O[C@@](C)(CCCCCCC[C@H](NC(=O)OCc2ccccc2)C(=O)N[C@@H](C)C(=O)C[C@@H](C)C(C)=O)[C@H](OCc2ccccc2)[C@@H](OCc2ccccc2)[C@H]1C. The van der Waals surface area contributed by atoms with Gasteiger partial charge < -0.3 is 29.6 Å². The van der Waals surface area contributed by atoms with Crippen LogP contribution in [-0.4, -0.2) is 59.6 Å². The van der Waals surface area contributed by atoms with Gasteiger partial charge in [0.25, 0.3) is 0 Å². The normalized spacial score (nSPS) is 22.0. The van der Waals surface area contributed by atoms with Crippen LogP contribution in [0.4, 0.5) is 4.79 Å². The van der Waals surface area contributed by atoms with Crippen molar-refractivity contribution in [3.63, 3.8) is 0 Å². The minimum atomic E-state index is -0.887. The van der Waals surface area contributed by atoms with Crippen LogP contribution in [0.25, 0.3) is 0 Å². The Morgan fingerprint density at radius 1 is 0.741 bits per heavy atom. The number of ether oxygens (including phenoxy) is 4. The summed E-state index contributed by atoms with van der Waals surface area (Å²) in [6, 6.07) is 28.1. The van der Waals surface area contributed by atoms with E-state index in [1.54, 1.807) is 13.8 Å². The summed E-state index contributed by atoms with van der Waals surface area (Å²) in [6.45, 7) is 12.3. The number of ketones is 2. The predicted octanol–water partition coefficient (Wildman–Crippen LogP) is 9.08. The van der Waals surface area contributed by atoms with E-state index < -0.39 is 35.6 Å². The molecule has 0 bridgehead atoms. The zero-order chi connectivity index (χ0) is 41.9. The molecule has 2 amide bonds. The van der Waals surface area contributed by atoms with E-state index in [0.29, 0.717) is 26.1 Å². The van der Waals surface area contributed by atoms with Crippen LogP contribution < -0.4 is 10.6 Å².